The van der Waals surface area contributed by atoms with Gasteiger partial charge in [0.25, 0.3) is 10.0 Å². The van der Waals surface area contributed by atoms with Crippen LogP contribution in [0.4, 0.5) is 5.69 Å². The fourth-order valence-electron chi connectivity index (χ4n) is 4.68. The first-order valence-electron chi connectivity index (χ1n) is 13.3. The third kappa shape index (κ3) is 7.47. The predicted octanol–water partition coefficient (Wildman–Crippen LogP) is 5.06. The first-order chi connectivity index (χ1) is 18.5. The zero-order valence-electron chi connectivity index (χ0n) is 23.7. The van der Waals surface area contributed by atoms with E-state index in [1.54, 1.807) is 36.4 Å². The number of anilines is 1. The summed E-state index contributed by atoms with van der Waals surface area (Å²) < 4.78 is 29.1. The second-order valence-corrected chi connectivity index (χ2v) is 11.9. The minimum atomic E-state index is -4.09. The second-order valence-electron chi connectivity index (χ2n) is 10.00. The molecule has 0 saturated carbocycles. The summed E-state index contributed by atoms with van der Waals surface area (Å²) in [5.74, 6) is -0.718. The molecule has 1 unspecified atom stereocenters. The number of sulfonamides is 1. The van der Waals surface area contributed by atoms with E-state index in [1.807, 2.05) is 71.9 Å². The summed E-state index contributed by atoms with van der Waals surface area (Å²) in [5, 5.41) is 2.83. The van der Waals surface area contributed by atoms with Gasteiger partial charge in [0.05, 0.1) is 10.6 Å². The van der Waals surface area contributed by atoms with Gasteiger partial charge in [0.2, 0.25) is 11.8 Å². The molecule has 0 bridgehead atoms. The van der Waals surface area contributed by atoms with Crippen molar-refractivity contribution < 1.29 is 18.0 Å². The van der Waals surface area contributed by atoms with E-state index in [0.29, 0.717) is 18.7 Å². The SMILES string of the molecule is CCNC(=O)C(CC)N(Cc1cccc(C)c1)C(=O)CN(c1cc(C)cc(C)c1)S(=O)(=O)c1ccc(C)cc1. The normalized spacial score (nSPS) is 12.1. The van der Waals surface area contributed by atoms with E-state index < -0.39 is 28.5 Å². The molecule has 3 aromatic carbocycles. The monoisotopic (exact) mass is 549 g/mol. The number of likely N-dealkylation sites (N-methyl/N-ethyl adjacent to an activating group) is 1. The molecular weight excluding hydrogens is 510 g/mol. The van der Waals surface area contributed by atoms with Crippen LogP contribution in [-0.2, 0) is 26.2 Å². The Kier molecular flexibility index (Phi) is 9.92. The molecule has 3 aromatic rings. The van der Waals surface area contributed by atoms with Crippen LogP contribution in [0, 0.1) is 27.7 Å². The lowest BCUT2D eigenvalue weighted by Gasteiger charge is -2.33. The van der Waals surface area contributed by atoms with Crippen LogP contribution in [0.1, 0.15) is 48.1 Å². The van der Waals surface area contributed by atoms with Gasteiger partial charge in [-0.15, -0.1) is 0 Å². The third-order valence-electron chi connectivity index (χ3n) is 6.55. The van der Waals surface area contributed by atoms with Gasteiger partial charge in [0.15, 0.2) is 0 Å². The smallest absolute Gasteiger partial charge is 0.264 e. The summed E-state index contributed by atoms with van der Waals surface area (Å²) in [4.78, 5) is 28.7. The molecule has 0 aliphatic heterocycles. The number of benzene rings is 3. The van der Waals surface area contributed by atoms with Crippen molar-refractivity contribution in [1.82, 2.24) is 10.2 Å². The van der Waals surface area contributed by atoms with Crippen LogP contribution in [-0.4, -0.2) is 44.3 Å². The highest BCUT2D eigenvalue weighted by molar-refractivity contribution is 7.92. The van der Waals surface area contributed by atoms with E-state index >= 15 is 0 Å². The van der Waals surface area contributed by atoms with Gasteiger partial charge in [0, 0.05) is 13.1 Å². The number of nitrogens with zero attached hydrogens (tertiary/aromatic N) is 2. The molecule has 2 amide bonds. The van der Waals surface area contributed by atoms with Gasteiger partial charge in [-0.3, -0.25) is 13.9 Å². The standard InChI is InChI=1S/C31H39N3O4S/c1-7-29(31(36)32-8-2)33(20-26-11-9-10-23(4)17-26)30(35)21-34(27-18-24(5)16-25(6)19-27)39(37,38)28-14-12-22(3)13-15-28/h9-19,29H,7-8,20-21H2,1-6H3,(H,32,36). The Morgan fingerprint density at radius 1 is 0.821 bits per heavy atom. The van der Waals surface area contributed by atoms with Gasteiger partial charge < -0.3 is 10.2 Å². The highest BCUT2D eigenvalue weighted by Gasteiger charge is 2.33. The summed E-state index contributed by atoms with van der Waals surface area (Å²) >= 11 is 0. The van der Waals surface area contributed by atoms with E-state index in [4.69, 9.17) is 0 Å². The average molecular weight is 550 g/mol. The van der Waals surface area contributed by atoms with Crippen LogP contribution >= 0.6 is 0 Å². The number of carbonyl (C=O) groups is 2. The predicted molar refractivity (Wildman–Crippen MR) is 156 cm³/mol. The molecule has 0 heterocycles. The van der Waals surface area contributed by atoms with Gasteiger partial charge in [-0.2, -0.15) is 0 Å². The lowest BCUT2D eigenvalue weighted by atomic mass is 10.1. The van der Waals surface area contributed by atoms with E-state index in [2.05, 4.69) is 5.32 Å². The van der Waals surface area contributed by atoms with Crippen molar-refractivity contribution in [3.8, 4) is 0 Å². The van der Waals surface area contributed by atoms with Crippen LogP contribution in [0.15, 0.2) is 71.6 Å². The molecule has 0 radical (unpaired) electrons. The minimum absolute atomic E-state index is 0.0982. The Balaban J connectivity index is 2.10. The summed E-state index contributed by atoms with van der Waals surface area (Å²) in [6, 6.07) is 19.1. The van der Waals surface area contributed by atoms with Crippen LogP contribution in [0.25, 0.3) is 0 Å². The number of aryl methyl sites for hydroxylation is 4. The maximum absolute atomic E-state index is 14.1. The molecule has 0 aliphatic rings. The lowest BCUT2D eigenvalue weighted by molar-refractivity contribution is -0.140. The molecule has 0 saturated heterocycles. The zero-order valence-corrected chi connectivity index (χ0v) is 24.5. The number of rotatable bonds is 11. The van der Waals surface area contributed by atoms with Crippen molar-refractivity contribution in [2.24, 2.45) is 0 Å². The second kappa shape index (κ2) is 12.9. The van der Waals surface area contributed by atoms with Crippen LogP contribution in [0.2, 0.25) is 0 Å². The van der Waals surface area contributed by atoms with Crippen LogP contribution in [0.5, 0.6) is 0 Å². The highest BCUT2D eigenvalue weighted by atomic mass is 32.2. The number of carbonyl (C=O) groups excluding carboxylic acids is 2. The maximum Gasteiger partial charge on any atom is 0.264 e. The topological polar surface area (TPSA) is 86.8 Å². The third-order valence-corrected chi connectivity index (χ3v) is 8.34. The molecule has 8 heteroatoms. The molecule has 1 atom stereocenters. The van der Waals surface area contributed by atoms with Gasteiger partial charge in [-0.05, 0) is 82.0 Å². The first-order valence-corrected chi connectivity index (χ1v) is 14.7. The van der Waals surface area contributed by atoms with Gasteiger partial charge in [0.1, 0.15) is 12.6 Å². The van der Waals surface area contributed by atoms with Crippen molar-refractivity contribution in [3.05, 3.63) is 94.5 Å². The summed E-state index contributed by atoms with van der Waals surface area (Å²) in [7, 11) is -4.09. The molecule has 0 aliphatic carbocycles. The van der Waals surface area contributed by atoms with Gasteiger partial charge >= 0.3 is 0 Å². The number of amides is 2. The van der Waals surface area contributed by atoms with E-state index in [1.165, 1.54) is 4.90 Å². The molecule has 0 aromatic heterocycles. The van der Waals surface area contributed by atoms with Crippen molar-refractivity contribution in [2.45, 2.75) is 65.4 Å². The fraction of sp³-hybridized carbons (Fsp3) is 0.355. The van der Waals surface area contributed by atoms with Crippen molar-refractivity contribution in [1.29, 1.82) is 0 Å². The highest BCUT2D eigenvalue weighted by Crippen LogP contribution is 2.27. The Morgan fingerprint density at radius 2 is 1.46 bits per heavy atom. The molecule has 3 rings (SSSR count). The number of hydrogen-bond donors (Lipinski definition) is 1. The zero-order chi connectivity index (χ0) is 28.7. The number of nitrogens with one attached hydrogen (secondary N) is 1. The summed E-state index contributed by atoms with van der Waals surface area (Å²) in [5.41, 5.74) is 5.00. The average Bonchev–Trinajstić information content (AvgIpc) is 2.86. The van der Waals surface area contributed by atoms with Gasteiger partial charge in [-0.1, -0.05) is 60.5 Å². The van der Waals surface area contributed by atoms with Crippen molar-refractivity contribution in [3.63, 3.8) is 0 Å². The van der Waals surface area contributed by atoms with E-state index in [-0.39, 0.29) is 17.3 Å². The van der Waals surface area contributed by atoms with E-state index in [0.717, 1.165) is 32.1 Å². The summed E-state index contributed by atoms with van der Waals surface area (Å²) in [6.07, 6.45) is 0.387. The molecule has 39 heavy (non-hydrogen) atoms. The Bertz CT molecular complexity index is 1400. The van der Waals surface area contributed by atoms with Crippen LogP contribution < -0.4 is 9.62 Å². The van der Waals surface area contributed by atoms with Gasteiger partial charge in [-0.25, -0.2) is 8.42 Å². The quantitative estimate of drug-likeness (QED) is 0.362. The number of hydrogen-bond acceptors (Lipinski definition) is 4. The molecular formula is C31H39N3O4S. The molecule has 7 nitrogen and oxygen atoms in total. The molecule has 1 N–H and O–H groups in total. The lowest BCUT2D eigenvalue weighted by Crippen LogP contribution is -2.52. The Hall–Kier alpha value is -3.65. The minimum Gasteiger partial charge on any atom is -0.355 e. The fourth-order valence-corrected chi connectivity index (χ4v) is 6.08. The first kappa shape index (κ1) is 29.9. The molecule has 0 fully saturated rings. The molecule has 208 valence electrons. The van der Waals surface area contributed by atoms with E-state index in [9.17, 15) is 18.0 Å². The summed E-state index contributed by atoms with van der Waals surface area (Å²) in [6.45, 7) is 11.5. The van der Waals surface area contributed by atoms with Crippen molar-refractivity contribution in [2.75, 3.05) is 17.4 Å². The van der Waals surface area contributed by atoms with Crippen molar-refractivity contribution >= 4 is 27.5 Å². The molecule has 0 spiro atoms. The Labute approximate surface area is 232 Å². The Morgan fingerprint density at radius 3 is 2.03 bits per heavy atom. The largest absolute Gasteiger partial charge is 0.355 e. The maximum atomic E-state index is 14.1. The van der Waals surface area contributed by atoms with Crippen LogP contribution in [0.3, 0.4) is 0 Å².